The molecule has 0 saturated heterocycles. The first-order valence-electron chi connectivity index (χ1n) is 7.79. The molecule has 0 spiro atoms. The molecule has 0 fully saturated rings. The summed E-state index contributed by atoms with van der Waals surface area (Å²) in [6.45, 7) is 13.4. The zero-order valence-corrected chi connectivity index (χ0v) is 12.9. The number of hydrogen-bond acceptors (Lipinski definition) is 0. The van der Waals surface area contributed by atoms with E-state index in [0.29, 0.717) is 5.41 Å². The van der Waals surface area contributed by atoms with E-state index in [0.717, 1.165) is 24.2 Å². The van der Waals surface area contributed by atoms with E-state index >= 15 is 0 Å². The van der Waals surface area contributed by atoms with E-state index in [-0.39, 0.29) is 0 Å². The highest BCUT2D eigenvalue weighted by atomic mass is 14.4. The fourth-order valence-electron chi connectivity index (χ4n) is 3.36. The molecular weight excluding hydrogens is 216 g/mol. The summed E-state index contributed by atoms with van der Waals surface area (Å²) in [4.78, 5) is 0. The smallest absolute Gasteiger partial charge is 0.0231 e. The van der Waals surface area contributed by atoms with Crippen molar-refractivity contribution < 1.29 is 0 Å². The van der Waals surface area contributed by atoms with E-state index < -0.39 is 0 Å². The summed E-state index contributed by atoms with van der Waals surface area (Å²) in [6.07, 6.45) is 14.9. The van der Waals surface area contributed by atoms with Crippen LogP contribution in [0.2, 0.25) is 0 Å². The van der Waals surface area contributed by atoms with E-state index in [2.05, 4.69) is 52.5 Å². The summed E-state index contributed by atoms with van der Waals surface area (Å²) < 4.78 is 0. The van der Waals surface area contributed by atoms with Crippen molar-refractivity contribution in [2.75, 3.05) is 0 Å². The maximum absolute atomic E-state index is 3.95. The van der Waals surface area contributed by atoms with E-state index in [1.54, 1.807) is 0 Å². The molecule has 0 aliphatic heterocycles. The molecule has 0 saturated carbocycles. The van der Waals surface area contributed by atoms with Crippen molar-refractivity contribution in [2.24, 2.45) is 23.2 Å². The summed E-state index contributed by atoms with van der Waals surface area (Å²) in [5, 5.41) is 0. The van der Waals surface area contributed by atoms with Gasteiger partial charge in [0, 0.05) is 0 Å². The Kier molecular flexibility index (Phi) is 6.18. The van der Waals surface area contributed by atoms with E-state index in [1.165, 1.54) is 32.1 Å². The zero-order valence-electron chi connectivity index (χ0n) is 12.9. The topological polar surface area (TPSA) is 0 Å². The van der Waals surface area contributed by atoms with Crippen molar-refractivity contribution in [3.05, 3.63) is 24.8 Å². The highest BCUT2D eigenvalue weighted by molar-refractivity contribution is 4.98. The lowest BCUT2D eigenvalue weighted by Gasteiger charge is -2.38. The predicted octanol–water partition coefficient (Wildman–Crippen LogP) is 6.00. The van der Waals surface area contributed by atoms with E-state index in [4.69, 9.17) is 0 Å². The Labute approximate surface area is 115 Å². The fraction of sp³-hybridized carbons (Fsp3) is 0.778. The largest absolute Gasteiger partial charge is 0.103 e. The maximum Gasteiger partial charge on any atom is -0.0231 e. The Hall–Kier alpha value is -0.520. The van der Waals surface area contributed by atoms with Gasteiger partial charge < -0.3 is 0 Å². The average molecular weight is 248 g/mol. The molecule has 3 atom stereocenters. The second-order valence-electron chi connectivity index (χ2n) is 6.82. The monoisotopic (exact) mass is 248 g/mol. The van der Waals surface area contributed by atoms with Gasteiger partial charge in [-0.05, 0) is 55.3 Å². The Bertz CT molecular complexity index is 274. The van der Waals surface area contributed by atoms with Gasteiger partial charge in [-0.3, -0.25) is 0 Å². The van der Waals surface area contributed by atoms with Gasteiger partial charge in [-0.25, -0.2) is 0 Å². The van der Waals surface area contributed by atoms with Crippen LogP contribution in [0.25, 0.3) is 0 Å². The molecule has 0 aromatic heterocycles. The maximum atomic E-state index is 3.95. The van der Waals surface area contributed by atoms with Crippen LogP contribution in [0.5, 0.6) is 0 Å². The normalized spacial score (nSPS) is 27.2. The van der Waals surface area contributed by atoms with Crippen LogP contribution in [-0.2, 0) is 0 Å². The molecule has 0 heteroatoms. The second-order valence-corrected chi connectivity index (χ2v) is 6.82. The summed E-state index contributed by atoms with van der Waals surface area (Å²) in [6, 6.07) is 0. The van der Waals surface area contributed by atoms with Crippen LogP contribution in [-0.4, -0.2) is 0 Å². The molecule has 3 unspecified atom stereocenters. The predicted molar refractivity (Wildman–Crippen MR) is 82.6 cm³/mol. The molecule has 1 rings (SSSR count). The summed E-state index contributed by atoms with van der Waals surface area (Å²) in [5.41, 5.74) is 0.439. The van der Waals surface area contributed by atoms with Crippen molar-refractivity contribution in [3.63, 3.8) is 0 Å². The van der Waals surface area contributed by atoms with Crippen LogP contribution >= 0.6 is 0 Å². The van der Waals surface area contributed by atoms with E-state index in [1.807, 2.05) is 0 Å². The molecule has 0 aromatic rings. The average Bonchev–Trinajstić information content (AvgIpc) is 2.30. The summed E-state index contributed by atoms with van der Waals surface area (Å²) in [7, 11) is 0. The minimum atomic E-state index is 0.439. The highest BCUT2D eigenvalue weighted by Crippen LogP contribution is 2.42. The molecule has 0 nitrogen and oxygen atoms in total. The van der Waals surface area contributed by atoms with Crippen LogP contribution in [0.1, 0.15) is 66.2 Å². The van der Waals surface area contributed by atoms with Gasteiger partial charge in [0.15, 0.2) is 0 Å². The van der Waals surface area contributed by atoms with Gasteiger partial charge in [-0.15, -0.1) is 6.58 Å². The van der Waals surface area contributed by atoms with Gasteiger partial charge in [-0.1, -0.05) is 52.3 Å². The first-order chi connectivity index (χ1) is 8.51. The lowest BCUT2D eigenvalue weighted by molar-refractivity contribution is 0.151. The van der Waals surface area contributed by atoms with Crippen LogP contribution in [0.3, 0.4) is 0 Å². The number of allylic oxidation sites excluding steroid dienone is 3. The Balaban J connectivity index is 2.60. The molecule has 0 bridgehead atoms. The third kappa shape index (κ3) is 4.30. The Morgan fingerprint density at radius 3 is 2.72 bits per heavy atom. The Morgan fingerprint density at radius 1 is 1.44 bits per heavy atom. The SMILES string of the molecule is C=CCC(C)(CC1CC=CC(CCC)C1)C(C)C. The molecule has 104 valence electrons. The first kappa shape index (κ1) is 15.5. The van der Waals surface area contributed by atoms with Gasteiger partial charge in [0.1, 0.15) is 0 Å². The lowest BCUT2D eigenvalue weighted by Crippen LogP contribution is -2.27. The molecule has 0 amide bonds. The summed E-state index contributed by atoms with van der Waals surface area (Å²) >= 11 is 0. The molecule has 0 radical (unpaired) electrons. The third-order valence-electron chi connectivity index (χ3n) is 4.93. The highest BCUT2D eigenvalue weighted by Gasteiger charge is 2.31. The second kappa shape index (κ2) is 7.16. The molecule has 1 aliphatic carbocycles. The first-order valence-corrected chi connectivity index (χ1v) is 7.79. The van der Waals surface area contributed by atoms with Crippen molar-refractivity contribution in [3.8, 4) is 0 Å². The molecule has 18 heavy (non-hydrogen) atoms. The van der Waals surface area contributed by atoms with Gasteiger partial charge in [0.25, 0.3) is 0 Å². The standard InChI is InChI=1S/C18H32/c1-6-9-16-10-8-11-17(13-16)14-18(5,12-7-2)15(3)4/h7-8,10,15-17H,2,6,9,11-14H2,1,3-5H3. The minimum Gasteiger partial charge on any atom is -0.103 e. The van der Waals surface area contributed by atoms with Crippen LogP contribution in [0.4, 0.5) is 0 Å². The van der Waals surface area contributed by atoms with Crippen LogP contribution < -0.4 is 0 Å². The summed E-state index contributed by atoms with van der Waals surface area (Å²) in [5.74, 6) is 2.47. The van der Waals surface area contributed by atoms with Crippen LogP contribution in [0, 0.1) is 23.2 Å². The molecule has 0 heterocycles. The third-order valence-corrected chi connectivity index (χ3v) is 4.93. The van der Waals surface area contributed by atoms with Crippen molar-refractivity contribution >= 4 is 0 Å². The number of hydrogen-bond donors (Lipinski definition) is 0. The van der Waals surface area contributed by atoms with Gasteiger partial charge in [0.2, 0.25) is 0 Å². The zero-order chi connectivity index (χ0) is 13.6. The molecule has 0 N–H and O–H groups in total. The van der Waals surface area contributed by atoms with Gasteiger partial charge in [0.05, 0.1) is 0 Å². The molecule has 0 aromatic carbocycles. The van der Waals surface area contributed by atoms with Crippen LogP contribution in [0.15, 0.2) is 24.8 Å². The van der Waals surface area contributed by atoms with Crippen molar-refractivity contribution in [2.45, 2.75) is 66.2 Å². The number of rotatable bonds is 7. The lowest BCUT2D eigenvalue weighted by atomic mass is 9.67. The van der Waals surface area contributed by atoms with Crippen molar-refractivity contribution in [1.82, 2.24) is 0 Å². The molecular formula is C18H32. The van der Waals surface area contributed by atoms with E-state index in [9.17, 15) is 0 Å². The van der Waals surface area contributed by atoms with Gasteiger partial charge in [-0.2, -0.15) is 0 Å². The quantitative estimate of drug-likeness (QED) is 0.485. The minimum absolute atomic E-state index is 0.439. The Morgan fingerprint density at radius 2 is 2.17 bits per heavy atom. The fourth-order valence-corrected chi connectivity index (χ4v) is 3.36. The van der Waals surface area contributed by atoms with Gasteiger partial charge >= 0.3 is 0 Å². The molecule has 1 aliphatic rings. The van der Waals surface area contributed by atoms with Crippen molar-refractivity contribution in [1.29, 1.82) is 0 Å².